The number of carbonyl (C=O) groups excluding carboxylic acids is 1. The van der Waals surface area contributed by atoms with Crippen LogP contribution in [0, 0.1) is 0 Å². The van der Waals surface area contributed by atoms with Crippen LogP contribution in [-0.2, 0) is 26.7 Å². The van der Waals surface area contributed by atoms with Crippen molar-refractivity contribution in [2.75, 3.05) is 45.9 Å². The van der Waals surface area contributed by atoms with E-state index in [-0.39, 0.29) is 11.3 Å². The molecule has 2 saturated heterocycles. The van der Waals surface area contributed by atoms with E-state index >= 15 is 0 Å². The van der Waals surface area contributed by atoms with Crippen LogP contribution in [0.25, 0.3) is 0 Å². The molecule has 0 radical (unpaired) electrons. The Morgan fingerprint density at radius 3 is 2.05 bits per heavy atom. The minimum absolute atomic E-state index is 0.0712. The first-order valence-electron chi connectivity index (χ1n) is 13.2. The van der Waals surface area contributed by atoms with Gasteiger partial charge in [0, 0.05) is 63.5 Å². The predicted molar refractivity (Wildman–Crippen MR) is 147 cm³/mol. The molecular formula is C30H35N3O4S. The van der Waals surface area contributed by atoms with E-state index in [1.54, 1.807) is 28.6 Å². The Kier molecular flexibility index (Phi) is 8.24. The number of amides is 1. The smallest absolute Gasteiger partial charge is 0.251 e. The summed E-state index contributed by atoms with van der Waals surface area (Å²) in [5.74, 6) is -0.0712. The van der Waals surface area contributed by atoms with Gasteiger partial charge in [0.25, 0.3) is 5.91 Å². The second kappa shape index (κ2) is 11.8. The first-order valence-corrected chi connectivity index (χ1v) is 14.7. The maximum atomic E-state index is 13.0. The molecule has 5 rings (SSSR count). The zero-order chi connectivity index (χ0) is 26.4. The van der Waals surface area contributed by atoms with E-state index in [9.17, 15) is 13.2 Å². The Balaban J connectivity index is 1.14. The van der Waals surface area contributed by atoms with E-state index < -0.39 is 10.0 Å². The summed E-state index contributed by atoms with van der Waals surface area (Å²) in [5, 5.41) is 3.17. The van der Waals surface area contributed by atoms with Gasteiger partial charge in [-0.15, -0.1) is 0 Å². The van der Waals surface area contributed by atoms with Crippen molar-refractivity contribution in [2.45, 2.75) is 29.7 Å². The maximum absolute atomic E-state index is 13.0. The molecule has 0 aliphatic carbocycles. The Morgan fingerprint density at radius 1 is 0.816 bits per heavy atom. The van der Waals surface area contributed by atoms with Gasteiger partial charge in [-0.05, 0) is 48.2 Å². The SMILES string of the molecule is O=C(NCC1(c2ccccc2)CCOCC1)c1ccc(CN2CCN(S(=O)(=O)c3ccccc3)CC2)cc1. The van der Waals surface area contributed by atoms with Crippen molar-refractivity contribution in [3.05, 3.63) is 102 Å². The molecule has 0 atom stereocenters. The lowest BCUT2D eigenvalue weighted by molar-refractivity contribution is 0.0487. The molecule has 3 aromatic rings. The van der Waals surface area contributed by atoms with E-state index in [0.29, 0.717) is 56.4 Å². The summed E-state index contributed by atoms with van der Waals surface area (Å²) in [6, 6.07) is 26.7. The zero-order valence-electron chi connectivity index (χ0n) is 21.6. The second-order valence-corrected chi connectivity index (χ2v) is 12.1. The zero-order valence-corrected chi connectivity index (χ0v) is 22.4. The first-order chi connectivity index (χ1) is 18.5. The van der Waals surface area contributed by atoms with Crippen LogP contribution in [-0.4, -0.2) is 69.5 Å². The van der Waals surface area contributed by atoms with Crippen LogP contribution in [0.1, 0.15) is 34.3 Å². The lowest BCUT2D eigenvalue weighted by Gasteiger charge is -2.38. The van der Waals surface area contributed by atoms with Crippen LogP contribution >= 0.6 is 0 Å². The van der Waals surface area contributed by atoms with Crippen LogP contribution in [0.5, 0.6) is 0 Å². The third kappa shape index (κ3) is 5.99. The number of hydrogen-bond donors (Lipinski definition) is 1. The van der Waals surface area contributed by atoms with Crippen LogP contribution in [0.15, 0.2) is 89.8 Å². The van der Waals surface area contributed by atoms with Gasteiger partial charge in [-0.3, -0.25) is 9.69 Å². The minimum Gasteiger partial charge on any atom is -0.381 e. The highest BCUT2D eigenvalue weighted by molar-refractivity contribution is 7.89. The molecule has 0 spiro atoms. The van der Waals surface area contributed by atoms with Crippen molar-refractivity contribution in [1.29, 1.82) is 0 Å². The van der Waals surface area contributed by atoms with Gasteiger partial charge in [0.1, 0.15) is 0 Å². The van der Waals surface area contributed by atoms with Gasteiger partial charge in [0.2, 0.25) is 10.0 Å². The van der Waals surface area contributed by atoms with Gasteiger partial charge in [0.05, 0.1) is 4.90 Å². The maximum Gasteiger partial charge on any atom is 0.251 e. The van der Waals surface area contributed by atoms with Crippen molar-refractivity contribution in [3.8, 4) is 0 Å². The van der Waals surface area contributed by atoms with E-state index in [2.05, 4.69) is 34.5 Å². The molecule has 8 heteroatoms. The molecule has 3 aromatic carbocycles. The van der Waals surface area contributed by atoms with Gasteiger partial charge >= 0.3 is 0 Å². The molecule has 0 unspecified atom stereocenters. The Morgan fingerprint density at radius 2 is 1.42 bits per heavy atom. The molecule has 7 nitrogen and oxygen atoms in total. The molecular weight excluding hydrogens is 498 g/mol. The number of nitrogens with one attached hydrogen (secondary N) is 1. The van der Waals surface area contributed by atoms with Gasteiger partial charge < -0.3 is 10.1 Å². The molecule has 0 saturated carbocycles. The minimum atomic E-state index is -3.45. The summed E-state index contributed by atoms with van der Waals surface area (Å²) < 4.78 is 32.9. The largest absolute Gasteiger partial charge is 0.381 e. The highest BCUT2D eigenvalue weighted by Gasteiger charge is 2.35. The fraction of sp³-hybridized carbons (Fsp3) is 0.367. The Hall–Kier alpha value is -3.04. The number of carbonyl (C=O) groups is 1. The number of sulfonamides is 1. The summed E-state index contributed by atoms with van der Waals surface area (Å²) in [4.78, 5) is 15.6. The fourth-order valence-corrected chi connectivity index (χ4v) is 6.81. The van der Waals surface area contributed by atoms with Crippen LogP contribution in [0.3, 0.4) is 0 Å². The first kappa shape index (κ1) is 26.6. The third-order valence-electron chi connectivity index (χ3n) is 7.76. The van der Waals surface area contributed by atoms with Gasteiger partial charge in [-0.2, -0.15) is 4.31 Å². The molecule has 2 aliphatic rings. The molecule has 1 N–H and O–H groups in total. The highest BCUT2D eigenvalue weighted by atomic mass is 32.2. The molecule has 0 aromatic heterocycles. The van der Waals surface area contributed by atoms with Gasteiger partial charge in [0.15, 0.2) is 0 Å². The molecule has 200 valence electrons. The van der Waals surface area contributed by atoms with Crippen LogP contribution in [0.4, 0.5) is 0 Å². The van der Waals surface area contributed by atoms with Crippen LogP contribution in [0.2, 0.25) is 0 Å². The normalized spacial score (nSPS) is 18.6. The van der Waals surface area contributed by atoms with E-state index in [4.69, 9.17) is 4.74 Å². The molecule has 0 bridgehead atoms. The lowest BCUT2D eigenvalue weighted by Crippen LogP contribution is -2.48. The monoisotopic (exact) mass is 533 g/mol. The van der Waals surface area contributed by atoms with Crippen molar-refractivity contribution in [2.24, 2.45) is 0 Å². The van der Waals surface area contributed by atoms with Gasteiger partial charge in [-0.25, -0.2) is 8.42 Å². The van der Waals surface area contributed by atoms with Crippen molar-refractivity contribution < 1.29 is 17.9 Å². The van der Waals surface area contributed by atoms with E-state index in [1.807, 2.05) is 36.4 Å². The number of piperazine rings is 1. The summed E-state index contributed by atoms with van der Waals surface area (Å²) in [7, 11) is -3.45. The quantitative estimate of drug-likeness (QED) is 0.478. The van der Waals surface area contributed by atoms with Crippen molar-refractivity contribution in [1.82, 2.24) is 14.5 Å². The standard InChI is InChI=1S/C30H35N3O4S/c34-29(31-24-30(15-21-37-22-16-30)27-7-3-1-4-8-27)26-13-11-25(12-14-26)23-32-17-19-33(20-18-32)38(35,36)28-9-5-2-6-10-28/h1-14H,15-24H2,(H,31,34). The summed E-state index contributed by atoms with van der Waals surface area (Å²) in [6.07, 6.45) is 1.77. The number of ether oxygens (including phenoxy) is 1. The topological polar surface area (TPSA) is 79.0 Å². The van der Waals surface area contributed by atoms with Gasteiger partial charge in [-0.1, -0.05) is 60.7 Å². The Labute approximate surface area is 225 Å². The lowest BCUT2D eigenvalue weighted by atomic mass is 9.74. The fourth-order valence-electron chi connectivity index (χ4n) is 5.36. The highest BCUT2D eigenvalue weighted by Crippen LogP contribution is 2.34. The number of nitrogens with zero attached hydrogens (tertiary/aromatic N) is 2. The number of hydrogen-bond acceptors (Lipinski definition) is 5. The third-order valence-corrected chi connectivity index (χ3v) is 9.67. The Bertz CT molecular complexity index is 1300. The summed E-state index contributed by atoms with van der Waals surface area (Å²) in [5.41, 5.74) is 2.88. The molecule has 2 fully saturated rings. The number of rotatable bonds is 8. The molecule has 2 heterocycles. The molecule has 2 aliphatic heterocycles. The van der Waals surface area contributed by atoms with E-state index in [0.717, 1.165) is 24.9 Å². The van der Waals surface area contributed by atoms with Crippen LogP contribution < -0.4 is 5.32 Å². The average Bonchev–Trinajstić information content (AvgIpc) is 2.98. The molecule has 38 heavy (non-hydrogen) atoms. The van der Waals surface area contributed by atoms with Crippen molar-refractivity contribution >= 4 is 15.9 Å². The predicted octanol–water partition coefficient (Wildman–Crippen LogP) is 3.67. The van der Waals surface area contributed by atoms with E-state index in [1.165, 1.54) is 5.56 Å². The number of benzene rings is 3. The van der Waals surface area contributed by atoms with Crippen molar-refractivity contribution in [3.63, 3.8) is 0 Å². The molecule has 1 amide bonds. The summed E-state index contributed by atoms with van der Waals surface area (Å²) in [6.45, 7) is 4.96. The summed E-state index contributed by atoms with van der Waals surface area (Å²) >= 11 is 0. The second-order valence-electron chi connectivity index (χ2n) is 10.1. The average molecular weight is 534 g/mol.